The Bertz CT molecular complexity index is 909. The third-order valence-corrected chi connectivity index (χ3v) is 5.92. The highest BCUT2D eigenvalue weighted by atomic mass is 32.2. The number of amides is 1. The Labute approximate surface area is 167 Å². The van der Waals surface area contributed by atoms with Crippen molar-refractivity contribution in [2.24, 2.45) is 0 Å². The van der Waals surface area contributed by atoms with Crippen LogP contribution in [0, 0.1) is 6.92 Å². The molecule has 7 heteroatoms. The van der Waals surface area contributed by atoms with Crippen LogP contribution < -0.4 is 10.2 Å². The van der Waals surface area contributed by atoms with Crippen molar-refractivity contribution in [1.82, 2.24) is 0 Å². The van der Waals surface area contributed by atoms with Gasteiger partial charge in [-0.3, -0.25) is 14.5 Å². The zero-order valence-electron chi connectivity index (χ0n) is 14.2. The van der Waals surface area contributed by atoms with Crippen molar-refractivity contribution < 1.29 is 9.59 Å². The number of ketones is 1. The van der Waals surface area contributed by atoms with Crippen LogP contribution in [0.3, 0.4) is 0 Å². The normalized spacial score (nSPS) is 16.7. The van der Waals surface area contributed by atoms with Gasteiger partial charge in [0, 0.05) is 11.3 Å². The molecule has 0 aromatic heterocycles. The Balaban J connectivity index is 1.75. The van der Waals surface area contributed by atoms with E-state index in [-0.39, 0.29) is 11.7 Å². The summed E-state index contributed by atoms with van der Waals surface area (Å²) < 4.78 is 0.488. The summed E-state index contributed by atoms with van der Waals surface area (Å²) >= 11 is 12.1. The molecule has 1 heterocycles. The van der Waals surface area contributed by atoms with Gasteiger partial charge in [0.25, 0.3) is 5.91 Å². The number of nitrogens with zero attached hydrogens (tertiary/aromatic N) is 1. The molecule has 1 unspecified atom stereocenters. The van der Waals surface area contributed by atoms with Gasteiger partial charge in [-0.1, -0.05) is 48.3 Å². The summed E-state index contributed by atoms with van der Waals surface area (Å²) in [6.07, 6.45) is 0. The van der Waals surface area contributed by atoms with Gasteiger partial charge in [0.2, 0.25) is 0 Å². The van der Waals surface area contributed by atoms with Crippen molar-refractivity contribution in [3.63, 3.8) is 0 Å². The maximum Gasteiger partial charge on any atom is 0.253 e. The Morgan fingerprint density at radius 1 is 1.19 bits per heavy atom. The quantitative estimate of drug-likeness (QED) is 0.607. The van der Waals surface area contributed by atoms with Crippen LogP contribution in [0.1, 0.15) is 22.8 Å². The molecule has 2 aromatic rings. The standard InChI is InChI=1S/C19H16N2O2S3/c1-11-4-3-5-15(10-11)21-18(23)16(26-19(21)25)17(24)20-14-8-6-13(7-9-14)12(2)22/h3-10,16H,1-2H3,(H,20,24). The van der Waals surface area contributed by atoms with E-state index in [1.54, 1.807) is 24.3 Å². The number of carbonyl (C=O) groups excluding carboxylic acids is 2. The van der Waals surface area contributed by atoms with Gasteiger partial charge in [-0.2, -0.15) is 0 Å². The first-order chi connectivity index (χ1) is 12.4. The van der Waals surface area contributed by atoms with Crippen molar-refractivity contribution >= 4 is 68.6 Å². The average Bonchev–Trinajstić information content (AvgIpc) is 2.90. The zero-order valence-corrected chi connectivity index (χ0v) is 16.6. The van der Waals surface area contributed by atoms with Gasteiger partial charge in [0.05, 0.1) is 5.69 Å². The molecule has 1 amide bonds. The van der Waals surface area contributed by atoms with Crippen LogP contribution in [0.15, 0.2) is 48.5 Å². The number of rotatable bonds is 4. The van der Waals surface area contributed by atoms with E-state index in [1.807, 2.05) is 31.2 Å². The molecule has 26 heavy (non-hydrogen) atoms. The Kier molecular flexibility index (Phi) is 5.50. The maximum absolute atomic E-state index is 12.8. The molecule has 1 fully saturated rings. The molecule has 1 saturated heterocycles. The fourth-order valence-electron chi connectivity index (χ4n) is 2.57. The summed E-state index contributed by atoms with van der Waals surface area (Å²) in [5, 5.41) is 2.51. The first-order valence-electron chi connectivity index (χ1n) is 7.90. The minimum atomic E-state index is -0.564. The topological polar surface area (TPSA) is 49.4 Å². The molecule has 1 N–H and O–H groups in total. The Morgan fingerprint density at radius 3 is 2.50 bits per heavy atom. The molecule has 0 bridgehead atoms. The lowest BCUT2D eigenvalue weighted by atomic mass is 10.1. The minimum absolute atomic E-state index is 0.000187. The van der Waals surface area contributed by atoms with Gasteiger partial charge in [-0.15, -0.1) is 0 Å². The molecule has 3 rings (SSSR count). The number of thioether (sulfide) groups is 1. The molecule has 0 aliphatic carbocycles. The highest BCUT2D eigenvalue weighted by molar-refractivity contribution is 8.25. The third kappa shape index (κ3) is 3.85. The monoisotopic (exact) mass is 400 g/mol. The maximum atomic E-state index is 12.8. The Hall–Kier alpha value is -2.09. The molecule has 2 aromatic carbocycles. The second kappa shape index (κ2) is 7.65. The van der Waals surface area contributed by atoms with E-state index < -0.39 is 5.25 Å². The number of hydrogen-bond acceptors (Lipinski definition) is 5. The average molecular weight is 401 g/mol. The van der Waals surface area contributed by atoms with Gasteiger partial charge in [0.15, 0.2) is 5.78 Å². The zero-order chi connectivity index (χ0) is 18.8. The number of hydrogen-bond donors (Lipinski definition) is 1. The number of benzene rings is 2. The summed E-state index contributed by atoms with van der Waals surface area (Å²) in [4.78, 5) is 26.1. The third-order valence-electron chi connectivity index (χ3n) is 3.90. The number of nitrogens with one attached hydrogen (secondary N) is 1. The van der Waals surface area contributed by atoms with Gasteiger partial charge in [-0.25, -0.2) is 0 Å². The molecule has 0 saturated carbocycles. The number of thiocarbonyl (C=S) groups is 2. The van der Waals surface area contributed by atoms with Crippen LogP contribution in [0.4, 0.5) is 11.4 Å². The van der Waals surface area contributed by atoms with Crippen LogP contribution >= 0.6 is 36.2 Å². The summed E-state index contributed by atoms with van der Waals surface area (Å²) in [7, 11) is 0. The largest absolute Gasteiger partial charge is 0.349 e. The SMILES string of the molecule is CC(=O)c1ccc(NC(=S)C2SC(=S)N(c3cccc(C)c3)C2=O)cc1. The van der Waals surface area contributed by atoms with Crippen molar-refractivity contribution in [3.05, 3.63) is 59.7 Å². The van der Waals surface area contributed by atoms with E-state index in [2.05, 4.69) is 5.32 Å². The number of Topliss-reactive ketones (excluding diaryl/α,β-unsaturated/α-hetero) is 1. The highest BCUT2D eigenvalue weighted by Crippen LogP contribution is 2.33. The van der Waals surface area contributed by atoms with Crippen LogP contribution in [-0.4, -0.2) is 26.2 Å². The van der Waals surface area contributed by atoms with E-state index in [9.17, 15) is 9.59 Å². The van der Waals surface area contributed by atoms with E-state index in [0.717, 1.165) is 16.9 Å². The van der Waals surface area contributed by atoms with E-state index >= 15 is 0 Å². The lowest BCUT2D eigenvalue weighted by molar-refractivity contribution is -0.115. The van der Waals surface area contributed by atoms with Crippen molar-refractivity contribution in [2.75, 3.05) is 10.2 Å². The minimum Gasteiger partial charge on any atom is -0.349 e. The van der Waals surface area contributed by atoms with Crippen LogP contribution in [0.5, 0.6) is 0 Å². The second-order valence-electron chi connectivity index (χ2n) is 5.90. The molecular formula is C19H16N2O2S3. The lowest BCUT2D eigenvalue weighted by Crippen LogP contribution is -2.36. The van der Waals surface area contributed by atoms with E-state index in [0.29, 0.717) is 14.9 Å². The molecule has 1 aliphatic rings. The first-order valence-corrected chi connectivity index (χ1v) is 9.59. The second-order valence-corrected chi connectivity index (χ2v) is 8.08. The highest BCUT2D eigenvalue weighted by Gasteiger charge is 2.40. The smallest absolute Gasteiger partial charge is 0.253 e. The molecule has 0 radical (unpaired) electrons. The number of aryl methyl sites for hydroxylation is 1. The molecule has 1 atom stereocenters. The van der Waals surface area contributed by atoms with Gasteiger partial charge in [0.1, 0.15) is 14.6 Å². The summed E-state index contributed by atoms with van der Waals surface area (Å²) in [6.45, 7) is 3.48. The summed E-state index contributed by atoms with van der Waals surface area (Å²) in [5.41, 5.74) is 3.16. The van der Waals surface area contributed by atoms with Crippen LogP contribution in [0.25, 0.3) is 0 Å². The van der Waals surface area contributed by atoms with Gasteiger partial charge >= 0.3 is 0 Å². The summed E-state index contributed by atoms with van der Waals surface area (Å²) in [6, 6.07) is 14.6. The first kappa shape index (κ1) is 18.7. The molecular weight excluding hydrogens is 384 g/mol. The fourth-order valence-corrected chi connectivity index (χ4v) is 4.29. The van der Waals surface area contributed by atoms with Crippen LogP contribution in [0.2, 0.25) is 0 Å². The van der Waals surface area contributed by atoms with Crippen LogP contribution in [-0.2, 0) is 4.79 Å². The number of carbonyl (C=O) groups is 2. The van der Waals surface area contributed by atoms with E-state index in [4.69, 9.17) is 24.4 Å². The summed E-state index contributed by atoms with van der Waals surface area (Å²) in [5.74, 6) is -0.150. The predicted molar refractivity (Wildman–Crippen MR) is 115 cm³/mol. The van der Waals surface area contributed by atoms with Crippen molar-refractivity contribution in [1.29, 1.82) is 0 Å². The predicted octanol–water partition coefficient (Wildman–Crippen LogP) is 4.37. The molecule has 4 nitrogen and oxygen atoms in total. The molecule has 0 spiro atoms. The lowest BCUT2D eigenvalue weighted by Gasteiger charge is -2.16. The molecule has 1 aliphatic heterocycles. The van der Waals surface area contributed by atoms with Crippen molar-refractivity contribution in [2.45, 2.75) is 19.1 Å². The molecule has 132 valence electrons. The van der Waals surface area contributed by atoms with E-state index in [1.165, 1.54) is 23.6 Å². The van der Waals surface area contributed by atoms with Crippen molar-refractivity contribution in [3.8, 4) is 0 Å². The fraction of sp³-hybridized carbons (Fsp3) is 0.158. The number of anilines is 2. The Morgan fingerprint density at radius 2 is 1.88 bits per heavy atom. The van der Waals surface area contributed by atoms with Gasteiger partial charge in [-0.05, 0) is 55.8 Å². The van der Waals surface area contributed by atoms with Gasteiger partial charge < -0.3 is 5.32 Å².